The van der Waals surface area contributed by atoms with Crippen LogP contribution in [0.25, 0.3) is 0 Å². The SMILES string of the molecule is COc1ccc(Cn2nccc2CCN(C)C(=O)OC(C)(C)C)cc1. The summed E-state index contributed by atoms with van der Waals surface area (Å²) in [7, 11) is 3.40. The largest absolute Gasteiger partial charge is 0.497 e. The average molecular weight is 345 g/mol. The van der Waals surface area contributed by atoms with Crippen molar-refractivity contribution in [3.05, 3.63) is 47.8 Å². The van der Waals surface area contributed by atoms with Gasteiger partial charge in [0, 0.05) is 31.9 Å². The normalized spacial score (nSPS) is 11.2. The summed E-state index contributed by atoms with van der Waals surface area (Å²) in [5, 5.41) is 4.39. The monoisotopic (exact) mass is 345 g/mol. The van der Waals surface area contributed by atoms with Gasteiger partial charge in [0.2, 0.25) is 0 Å². The molecule has 0 spiro atoms. The summed E-state index contributed by atoms with van der Waals surface area (Å²) in [6.07, 6.45) is 2.19. The van der Waals surface area contributed by atoms with E-state index in [9.17, 15) is 4.79 Å². The van der Waals surface area contributed by atoms with E-state index in [4.69, 9.17) is 9.47 Å². The van der Waals surface area contributed by atoms with Gasteiger partial charge in [-0.25, -0.2) is 4.79 Å². The number of methoxy groups -OCH3 is 1. The highest BCUT2D eigenvalue weighted by Gasteiger charge is 2.19. The summed E-state index contributed by atoms with van der Waals surface area (Å²) in [6.45, 7) is 6.85. The molecule has 6 heteroatoms. The fourth-order valence-corrected chi connectivity index (χ4v) is 2.33. The van der Waals surface area contributed by atoms with Gasteiger partial charge in [0.25, 0.3) is 0 Å². The Bertz CT molecular complexity index is 687. The van der Waals surface area contributed by atoms with Crippen LogP contribution in [0.4, 0.5) is 4.79 Å². The second-order valence-electron chi connectivity index (χ2n) is 6.98. The van der Waals surface area contributed by atoms with Gasteiger partial charge < -0.3 is 14.4 Å². The van der Waals surface area contributed by atoms with Gasteiger partial charge >= 0.3 is 6.09 Å². The highest BCUT2D eigenvalue weighted by atomic mass is 16.6. The zero-order valence-corrected chi connectivity index (χ0v) is 15.7. The van der Waals surface area contributed by atoms with Crippen LogP contribution >= 0.6 is 0 Å². The molecule has 0 saturated heterocycles. The van der Waals surface area contributed by atoms with Gasteiger partial charge in [-0.3, -0.25) is 4.68 Å². The smallest absolute Gasteiger partial charge is 0.410 e. The number of likely N-dealkylation sites (N-methyl/N-ethyl adjacent to an activating group) is 1. The van der Waals surface area contributed by atoms with Gasteiger partial charge in [0.15, 0.2) is 0 Å². The molecule has 1 heterocycles. The number of nitrogens with zero attached hydrogens (tertiary/aromatic N) is 3. The topological polar surface area (TPSA) is 56.6 Å². The molecule has 1 amide bonds. The van der Waals surface area contributed by atoms with E-state index in [0.29, 0.717) is 19.5 Å². The second-order valence-corrected chi connectivity index (χ2v) is 6.98. The van der Waals surface area contributed by atoms with Crippen molar-refractivity contribution in [3.8, 4) is 5.75 Å². The Morgan fingerprint density at radius 1 is 1.20 bits per heavy atom. The molecular formula is C19H27N3O3. The van der Waals surface area contributed by atoms with E-state index in [1.54, 1.807) is 25.3 Å². The third kappa shape index (κ3) is 5.81. The Kier molecular flexibility index (Phi) is 6.07. The summed E-state index contributed by atoms with van der Waals surface area (Å²) in [5.74, 6) is 0.837. The predicted octanol–water partition coefficient (Wildman–Crippen LogP) is 3.35. The Hall–Kier alpha value is -2.50. The summed E-state index contributed by atoms with van der Waals surface area (Å²) in [4.78, 5) is 13.6. The number of benzene rings is 1. The molecule has 1 aromatic carbocycles. The van der Waals surface area contributed by atoms with Crippen molar-refractivity contribution in [2.75, 3.05) is 20.7 Å². The molecule has 0 bridgehead atoms. The van der Waals surface area contributed by atoms with Crippen LogP contribution in [0.15, 0.2) is 36.5 Å². The van der Waals surface area contributed by atoms with Crippen LogP contribution in [0.5, 0.6) is 5.75 Å². The zero-order valence-electron chi connectivity index (χ0n) is 15.7. The molecule has 2 rings (SSSR count). The lowest BCUT2D eigenvalue weighted by atomic mass is 10.2. The first-order valence-electron chi connectivity index (χ1n) is 8.36. The number of carbonyl (C=O) groups excluding carboxylic acids is 1. The van der Waals surface area contributed by atoms with Crippen LogP contribution in [0.3, 0.4) is 0 Å². The van der Waals surface area contributed by atoms with E-state index in [1.165, 1.54) is 0 Å². The highest BCUT2D eigenvalue weighted by Crippen LogP contribution is 2.14. The van der Waals surface area contributed by atoms with E-state index in [-0.39, 0.29) is 6.09 Å². The molecule has 0 atom stereocenters. The van der Waals surface area contributed by atoms with Gasteiger partial charge in [0.05, 0.1) is 13.7 Å². The van der Waals surface area contributed by atoms with Crippen molar-refractivity contribution < 1.29 is 14.3 Å². The first kappa shape index (κ1) is 18.8. The fourth-order valence-electron chi connectivity index (χ4n) is 2.33. The van der Waals surface area contributed by atoms with Gasteiger partial charge in [-0.2, -0.15) is 5.10 Å². The lowest BCUT2D eigenvalue weighted by molar-refractivity contribution is 0.0300. The van der Waals surface area contributed by atoms with Gasteiger partial charge in [-0.1, -0.05) is 12.1 Å². The second kappa shape index (κ2) is 8.05. The number of ether oxygens (including phenoxy) is 2. The predicted molar refractivity (Wildman–Crippen MR) is 96.9 cm³/mol. The quantitative estimate of drug-likeness (QED) is 0.806. The van der Waals surface area contributed by atoms with Crippen molar-refractivity contribution in [2.45, 2.75) is 39.3 Å². The molecule has 25 heavy (non-hydrogen) atoms. The van der Waals surface area contributed by atoms with Gasteiger partial charge in [0.1, 0.15) is 11.4 Å². The molecule has 0 radical (unpaired) electrons. The van der Waals surface area contributed by atoms with E-state index in [0.717, 1.165) is 17.0 Å². The van der Waals surface area contributed by atoms with Crippen LogP contribution in [-0.2, 0) is 17.7 Å². The van der Waals surface area contributed by atoms with Crippen molar-refractivity contribution in [1.29, 1.82) is 0 Å². The Labute approximate surface area is 149 Å². The first-order chi connectivity index (χ1) is 11.8. The molecule has 6 nitrogen and oxygen atoms in total. The molecular weight excluding hydrogens is 318 g/mol. The van der Waals surface area contributed by atoms with Crippen LogP contribution in [-0.4, -0.2) is 47.1 Å². The minimum absolute atomic E-state index is 0.311. The number of hydrogen-bond donors (Lipinski definition) is 0. The summed E-state index contributed by atoms with van der Waals surface area (Å²) >= 11 is 0. The molecule has 0 aliphatic rings. The standard InChI is InChI=1S/C19H27N3O3/c1-19(2,3)25-18(23)21(4)13-11-16-10-12-20-22(16)14-15-6-8-17(24-5)9-7-15/h6-10,12H,11,13-14H2,1-5H3. The van der Waals surface area contributed by atoms with Crippen molar-refractivity contribution in [2.24, 2.45) is 0 Å². The molecule has 0 saturated carbocycles. The Morgan fingerprint density at radius 3 is 2.48 bits per heavy atom. The average Bonchev–Trinajstić information content (AvgIpc) is 2.98. The van der Waals surface area contributed by atoms with Crippen LogP contribution < -0.4 is 4.74 Å². The number of carbonyl (C=O) groups is 1. The third-order valence-corrected chi connectivity index (χ3v) is 3.70. The number of rotatable bonds is 6. The van der Waals surface area contributed by atoms with E-state index >= 15 is 0 Å². The van der Waals surface area contributed by atoms with Crippen LogP contribution in [0, 0.1) is 0 Å². The molecule has 0 aliphatic heterocycles. The minimum atomic E-state index is -0.485. The lowest BCUT2D eigenvalue weighted by Gasteiger charge is -2.24. The maximum Gasteiger partial charge on any atom is 0.410 e. The highest BCUT2D eigenvalue weighted by molar-refractivity contribution is 5.67. The first-order valence-corrected chi connectivity index (χ1v) is 8.36. The van der Waals surface area contributed by atoms with E-state index in [1.807, 2.05) is 55.8 Å². The Morgan fingerprint density at radius 2 is 1.88 bits per heavy atom. The van der Waals surface area contributed by atoms with Gasteiger partial charge in [-0.15, -0.1) is 0 Å². The molecule has 2 aromatic rings. The summed E-state index contributed by atoms with van der Waals surface area (Å²) < 4.78 is 12.5. The number of amides is 1. The number of hydrogen-bond acceptors (Lipinski definition) is 4. The summed E-state index contributed by atoms with van der Waals surface area (Å²) in [6, 6.07) is 9.91. The van der Waals surface area contributed by atoms with Crippen molar-refractivity contribution in [1.82, 2.24) is 14.7 Å². The molecule has 0 aliphatic carbocycles. The molecule has 1 aromatic heterocycles. The zero-order chi connectivity index (χ0) is 18.4. The van der Waals surface area contributed by atoms with Crippen LogP contribution in [0.2, 0.25) is 0 Å². The van der Waals surface area contributed by atoms with E-state index in [2.05, 4.69) is 5.10 Å². The van der Waals surface area contributed by atoms with Gasteiger partial charge in [-0.05, 0) is 44.5 Å². The Balaban J connectivity index is 1.93. The van der Waals surface area contributed by atoms with Crippen molar-refractivity contribution >= 4 is 6.09 Å². The molecule has 0 fully saturated rings. The van der Waals surface area contributed by atoms with E-state index < -0.39 is 5.60 Å². The van der Waals surface area contributed by atoms with Crippen LogP contribution in [0.1, 0.15) is 32.0 Å². The summed E-state index contributed by atoms with van der Waals surface area (Å²) in [5.41, 5.74) is 1.74. The maximum absolute atomic E-state index is 12.0. The molecule has 0 unspecified atom stereocenters. The lowest BCUT2D eigenvalue weighted by Crippen LogP contribution is -2.35. The maximum atomic E-state index is 12.0. The third-order valence-electron chi connectivity index (χ3n) is 3.70. The molecule has 136 valence electrons. The molecule has 0 N–H and O–H groups in total. The number of aromatic nitrogens is 2. The van der Waals surface area contributed by atoms with Crippen molar-refractivity contribution in [3.63, 3.8) is 0 Å². The minimum Gasteiger partial charge on any atom is -0.497 e. The fraction of sp³-hybridized carbons (Fsp3) is 0.474.